The van der Waals surface area contributed by atoms with Crippen LogP contribution in [-0.4, -0.2) is 29.3 Å². The largest absolute Gasteiger partial charge is 0.491 e. The van der Waals surface area contributed by atoms with E-state index >= 15 is 0 Å². The Hall–Kier alpha value is -1.95. The zero-order chi connectivity index (χ0) is 16.9. The first-order valence-electron chi connectivity index (χ1n) is 8.06. The van der Waals surface area contributed by atoms with Gasteiger partial charge in [-0.3, -0.25) is 4.98 Å². The second kappa shape index (κ2) is 7.75. The molecule has 0 fully saturated rings. The summed E-state index contributed by atoms with van der Waals surface area (Å²) >= 11 is 1.69. The Balaban J connectivity index is 1.49. The van der Waals surface area contributed by atoms with Crippen molar-refractivity contribution in [1.29, 1.82) is 0 Å². The third-order valence-corrected chi connectivity index (χ3v) is 4.77. The minimum Gasteiger partial charge on any atom is -0.491 e. The SMILES string of the molecule is Cc1cccc(OCC(O)CNC(C)c2cnc3ccsc3c2)c1. The van der Waals surface area contributed by atoms with Gasteiger partial charge in [0.25, 0.3) is 0 Å². The van der Waals surface area contributed by atoms with E-state index in [1.165, 1.54) is 4.70 Å². The molecule has 1 aromatic carbocycles. The number of fused-ring (bicyclic) bond motifs is 1. The van der Waals surface area contributed by atoms with E-state index in [9.17, 15) is 5.11 Å². The van der Waals surface area contributed by atoms with Crippen LogP contribution in [0.15, 0.2) is 48.0 Å². The number of rotatable bonds is 7. The van der Waals surface area contributed by atoms with Crippen molar-refractivity contribution in [1.82, 2.24) is 10.3 Å². The first-order valence-corrected chi connectivity index (χ1v) is 8.94. The lowest BCUT2D eigenvalue weighted by molar-refractivity contribution is 0.104. The standard InChI is InChI=1S/C19H22N2O2S/c1-13-4-3-5-17(8-13)23-12-16(22)11-20-14(2)15-9-19-18(21-10-15)6-7-24-19/h3-10,14,16,20,22H,11-12H2,1-2H3. The number of benzene rings is 1. The molecule has 126 valence electrons. The molecule has 2 atom stereocenters. The number of hydrogen-bond donors (Lipinski definition) is 2. The predicted octanol–water partition coefficient (Wildman–Crippen LogP) is 3.70. The van der Waals surface area contributed by atoms with Crippen molar-refractivity contribution in [3.05, 3.63) is 59.1 Å². The molecule has 0 bridgehead atoms. The van der Waals surface area contributed by atoms with Crippen molar-refractivity contribution in [2.45, 2.75) is 26.0 Å². The van der Waals surface area contributed by atoms with Gasteiger partial charge in [0, 0.05) is 18.8 Å². The van der Waals surface area contributed by atoms with Crippen LogP contribution in [0, 0.1) is 6.92 Å². The van der Waals surface area contributed by atoms with Crippen LogP contribution in [0.5, 0.6) is 5.75 Å². The molecule has 2 aromatic heterocycles. The summed E-state index contributed by atoms with van der Waals surface area (Å²) in [6.45, 7) is 4.83. The van der Waals surface area contributed by atoms with Crippen LogP contribution in [0.2, 0.25) is 0 Å². The van der Waals surface area contributed by atoms with Crippen molar-refractivity contribution in [3.63, 3.8) is 0 Å². The van der Waals surface area contributed by atoms with Crippen molar-refractivity contribution in [2.24, 2.45) is 0 Å². The topological polar surface area (TPSA) is 54.4 Å². The Morgan fingerprint density at radius 1 is 1.29 bits per heavy atom. The van der Waals surface area contributed by atoms with Gasteiger partial charge in [-0.25, -0.2) is 0 Å². The van der Waals surface area contributed by atoms with Crippen LogP contribution in [0.4, 0.5) is 0 Å². The molecule has 4 nitrogen and oxygen atoms in total. The van der Waals surface area contributed by atoms with Crippen LogP contribution >= 0.6 is 11.3 Å². The molecule has 0 aliphatic heterocycles. The molecular weight excluding hydrogens is 320 g/mol. The predicted molar refractivity (Wildman–Crippen MR) is 98.7 cm³/mol. The minimum absolute atomic E-state index is 0.123. The summed E-state index contributed by atoms with van der Waals surface area (Å²) in [5.74, 6) is 0.787. The zero-order valence-corrected chi connectivity index (χ0v) is 14.7. The molecule has 3 aromatic rings. The molecule has 2 heterocycles. The molecule has 2 N–H and O–H groups in total. The lowest BCUT2D eigenvalue weighted by Gasteiger charge is -2.18. The molecule has 24 heavy (non-hydrogen) atoms. The Labute approximate surface area is 146 Å². The van der Waals surface area contributed by atoms with Gasteiger partial charge in [0.2, 0.25) is 0 Å². The van der Waals surface area contributed by atoms with Gasteiger partial charge in [0.1, 0.15) is 18.5 Å². The molecule has 0 aliphatic rings. The summed E-state index contributed by atoms with van der Waals surface area (Å²) < 4.78 is 6.82. The van der Waals surface area contributed by atoms with E-state index in [1.54, 1.807) is 11.3 Å². The van der Waals surface area contributed by atoms with Crippen LogP contribution in [0.25, 0.3) is 10.2 Å². The number of thiophene rings is 1. The summed E-state index contributed by atoms with van der Waals surface area (Å²) in [5, 5.41) is 15.5. The van der Waals surface area contributed by atoms with Crippen LogP contribution in [0.1, 0.15) is 24.1 Å². The molecule has 0 saturated carbocycles. The fourth-order valence-corrected chi connectivity index (χ4v) is 3.27. The van der Waals surface area contributed by atoms with E-state index in [-0.39, 0.29) is 12.6 Å². The van der Waals surface area contributed by atoms with Crippen LogP contribution < -0.4 is 10.1 Å². The van der Waals surface area contributed by atoms with Gasteiger partial charge in [-0.1, -0.05) is 12.1 Å². The van der Waals surface area contributed by atoms with Crippen molar-refractivity contribution in [2.75, 3.05) is 13.2 Å². The molecule has 0 spiro atoms. The highest BCUT2D eigenvalue weighted by Gasteiger charge is 2.11. The number of hydrogen-bond acceptors (Lipinski definition) is 5. The monoisotopic (exact) mass is 342 g/mol. The maximum absolute atomic E-state index is 10.1. The average Bonchev–Trinajstić information content (AvgIpc) is 3.05. The number of aliphatic hydroxyl groups is 1. The highest BCUT2D eigenvalue weighted by Crippen LogP contribution is 2.22. The smallest absolute Gasteiger partial charge is 0.119 e. The molecule has 0 amide bonds. The maximum Gasteiger partial charge on any atom is 0.119 e. The van der Waals surface area contributed by atoms with E-state index < -0.39 is 6.10 Å². The number of ether oxygens (including phenoxy) is 1. The Morgan fingerprint density at radius 3 is 3.00 bits per heavy atom. The van der Waals surface area contributed by atoms with Gasteiger partial charge in [-0.2, -0.15) is 0 Å². The number of nitrogens with one attached hydrogen (secondary N) is 1. The Morgan fingerprint density at radius 2 is 2.17 bits per heavy atom. The van der Waals surface area contributed by atoms with Crippen molar-refractivity contribution in [3.8, 4) is 5.75 Å². The van der Waals surface area contributed by atoms with Gasteiger partial charge in [0.05, 0.1) is 10.2 Å². The van der Waals surface area contributed by atoms with Crippen molar-refractivity contribution >= 4 is 21.6 Å². The fourth-order valence-electron chi connectivity index (χ4n) is 2.49. The normalized spacial score (nSPS) is 13.8. The summed E-state index contributed by atoms with van der Waals surface area (Å²) in [5.41, 5.74) is 3.30. The summed E-state index contributed by atoms with van der Waals surface area (Å²) in [4.78, 5) is 4.46. The molecule has 5 heteroatoms. The van der Waals surface area contributed by atoms with Gasteiger partial charge < -0.3 is 15.2 Å². The van der Waals surface area contributed by atoms with E-state index in [0.717, 1.165) is 22.4 Å². The zero-order valence-electron chi connectivity index (χ0n) is 13.9. The maximum atomic E-state index is 10.1. The summed E-state index contributed by atoms with van der Waals surface area (Å²) in [6, 6.07) is 12.1. The fraction of sp³-hybridized carbons (Fsp3) is 0.316. The van der Waals surface area contributed by atoms with E-state index in [2.05, 4.69) is 23.3 Å². The lowest BCUT2D eigenvalue weighted by Crippen LogP contribution is -2.33. The van der Waals surface area contributed by atoms with E-state index in [0.29, 0.717) is 6.54 Å². The molecule has 3 rings (SSSR count). The first kappa shape index (κ1) is 16.9. The third kappa shape index (κ3) is 4.32. The van der Waals surface area contributed by atoms with Crippen LogP contribution in [-0.2, 0) is 0 Å². The highest BCUT2D eigenvalue weighted by molar-refractivity contribution is 7.17. The molecule has 0 radical (unpaired) electrons. The third-order valence-electron chi connectivity index (χ3n) is 3.92. The molecule has 0 aliphatic carbocycles. The lowest BCUT2D eigenvalue weighted by atomic mass is 10.1. The number of nitrogens with zero attached hydrogens (tertiary/aromatic N) is 1. The van der Waals surface area contributed by atoms with Gasteiger partial charge in [-0.05, 0) is 54.6 Å². The molecular formula is C19H22N2O2S. The first-order chi connectivity index (χ1) is 11.6. The Kier molecular flexibility index (Phi) is 5.45. The van der Waals surface area contributed by atoms with Gasteiger partial charge in [0.15, 0.2) is 0 Å². The average molecular weight is 342 g/mol. The number of aromatic nitrogens is 1. The van der Waals surface area contributed by atoms with Crippen molar-refractivity contribution < 1.29 is 9.84 Å². The highest BCUT2D eigenvalue weighted by atomic mass is 32.1. The van der Waals surface area contributed by atoms with Crippen LogP contribution in [0.3, 0.4) is 0 Å². The van der Waals surface area contributed by atoms with Gasteiger partial charge >= 0.3 is 0 Å². The summed E-state index contributed by atoms with van der Waals surface area (Å²) in [6.07, 6.45) is 1.33. The molecule has 0 saturated heterocycles. The number of pyridine rings is 1. The molecule has 2 unspecified atom stereocenters. The number of aliphatic hydroxyl groups excluding tert-OH is 1. The van der Waals surface area contributed by atoms with Gasteiger partial charge in [-0.15, -0.1) is 11.3 Å². The summed E-state index contributed by atoms with van der Waals surface area (Å²) in [7, 11) is 0. The van der Waals surface area contributed by atoms with E-state index in [4.69, 9.17) is 4.74 Å². The Bertz CT molecular complexity index is 803. The second-order valence-electron chi connectivity index (χ2n) is 5.98. The van der Waals surface area contributed by atoms with E-state index in [1.807, 2.05) is 48.8 Å². The number of aryl methyl sites for hydroxylation is 1. The minimum atomic E-state index is -0.564. The quantitative estimate of drug-likeness (QED) is 0.687. The second-order valence-corrected chi connectivity index (χ2v) is 6.93.